The standard InChI is InChI=1S/C43H61N3/c1-32(27-45-30-35(45)4)10-12-38-16-22-41(23-17-38)43(6,40-20-14-37(15-21-40)9-7-8-26-44-29-34(44)3)42-24-18-39(19-25-42)13-11-33(2)28-46-31-36(46)5/h14-25,32-36H,7-13,26-31H2,1-6H3. The molecule has 3 aliphatic heterocycles. The quantitative estimate of drug-likeness (QED) is 0.0802. The molecule has 3 aromatic rings. The van der Waals surface area contributed by atoms with Gasteiger partial charge in [0, 0.05) is 56.3 Å². The van der Waals surface area contributed by atoms with Gasteiger partial charge in [-0.2, -0.15) is 0 Å². The monoisotopic (exact) mass is 619 g/mol. The Balaban J connectivity index is 1.14. The lowest BCUT2D eigenvalue weighted by Gasteiger charge is -2.32. The second-order valence-electron chi connectivity index (χ2n) is 15.9. The fourth-order valence-corrected chi connectivity index (χ4v) is 7.66. The van der Waals surface area contributed by atoms with Gasteiger partial charge in [-0.3, -0.25) is 14.7 Å². The van der Waals surface area contributed by atoms with E-state index in [1.807, 2.05) is 0 Å². The molecule has 8 atom stereocenters. The Labute approximate surface area is 281 Å². The summed E-state index contributed by atoms with van der Waals surface area (Å²) in [5.74, 6) is 1.50. The summed E-state index contributed by atoms with van der Waals surface area (Å²) in [5.41, 5.74) is 8.35. The van der Waals surface area contributed by atoms with Crippen molar-refractivity contribution in [2.75, 3.05) is 39.3 Å². The third-order valence-corrected chi connectivity index (χ3v) is 11.7. The Morgan fingerprint density at radius 1 is 0.543 bits per heavy atom. The summed E-state index contributed by atoms with van der Waals surface area (Å²) >= 11 is 0. The van der Waals surface area contributed by atoms with Crippen LogP contribution in [0.2, 0.25) is 0 Å². The molecular formula is C43H61N3. The van der Waals surface area contributed by atoms with Crippen molar-refractivity contribution < 1.29 is 0 Å². The lowest BCUT2D eigenvalue weighted by Crippen LogP contribution is -2.25. The van der Waals surface area contributed by atoms with Gasteiger partial charge in [-0.1, -0.05) is 86.6 Å². The lowest BCUT2D eigenvalue weighted by atomic mass is 9.70. The Bertz CT molecular complexity index is 1310. The third-order valence-electron chi connectivity index (χ3n) is 11.7. The summed E-state index contributed by atoms with van der Waals surface area (Å²) in [4.78, 5) is 7.76. The Morgan fingerprint density at radius 2 is 0.891 bits per heavy atom. The molecule has 0 aliphatic carbocycles. The number of unbranched alkanes of at least 4 members (excludes halogenated alkanes) is 1. The largest absolute Gasteiger partial charge is 0.298 e. The summed E-state index contributed by atoms with van der Waals surface area (Å²) in [7, 11) is 0. The van der Waals surface area contributed by atoms with Crippen molar-refractivity contribution in [3.63, 3.8) is 0 Å². The lowest BCUT2D eigenvalue weighted by molar-refractivity contribution is 0.394. The van der Waals surface area contributed by atoms with Gasteiger partial charge in [0.25, 0.3) is 0 Å². The molecule has 8 unspecified atom stereocenters. The van der Waals surface area contributed by atoms with Crippen molar-refractivity contribution in [2.45, 2.75) is 110 Å². The fourth-order valence-electron chi connectivity index (χ4n) is 7.66. The van der Waals surface area contributed by atoms with Gasteiger partial charge < -0.3 is 0 Å². The number of hydrogen-bond donors (Lipinski definition) is 0. The van der Waals surface area contributed by atoms with Crippen molar-refractivity contribution in [3.05, 3.63) is 106 Å². The second-order valence-corrected chi connectivity index (χ2v) is 15.9. The van der Waals surface area contributed by atoms with Crippen LogP contribution in [0.3, 0.4) is 0 Å². The van der Waals surface area contributed by atoms with Crippen LogP contribution in [0.5, 0.6) is 0 Å². The molecule has 248 valence electrons. The molecule has 0 spiro atoms. The third kappa shape index (κ3) is 8.71. The molecule has 0 saturated carbocycles. The zero-order chi connectivity index (χ0) is 32.3. The SMILES string of the molecule is CC(CCc1ccc(C(C)(c2ccc(CCCCN3CC3C)cc2)c2ccc(CCC(C)CN3CC3C)cc2)cc1)CN1CC1C. The average Bonchev–Trinajstić information content (AvgIpc) is 4.03. The number of benzene rings is 3. The first-order valence-corrected chi connectivity index (χ1v) is 18.7. The molecule has 3 saturated heterocycles. The smallest absolute Gasteiger partial charge is 0.0423 e. The predicted molar refractivity (Wildman–Crippen MR) is 196 cm³/mol. The molecule has 0 bridgehead atoms. The van der Waals surface area contributed by atoms with Crippen LogP contribution >= 0.6 is 0 Å². The normalized spacial score (nSPS) is 27.5. The molecule has 3 nitrogen and oxygen atoms in total. The number of rotatable bonds is 18. The van der Waals surface area contributed by atoms with Gasteiger partial charge in [0.15, 0.2) is 0 Å². The van der Waals surface area contributed by atoms with E-state index in [1.54, 1.807) is 0 Å². The van der Waals surface area contributed by atoms with Crippen LogP contribution < -0.4 is 0 Å². The predicted octanol–water partition coefficient (Wildman–Crippen LogP) is 8.61. The highest BCUT2D eigenvalue weighted by molar-refractivity contribution is 5.50. The van der Waals surface area contributed by atoms with E-state index >= 15 is 0 Å². The number of nitrogens with zero attached hydrogens (tertiary/aromatic N) is 3. The van der Waals surface area contributed by atoms with E-state index in [0.29, 0.717) is 0 Å². The molecule has 0 radical (unpaired) electrons. The first kappa shape index (κ1) is 33.4. The van der Waals surface area contributed by atoms with Crippen LogP contribution in [0.4, 0.5) is 0 Å². The van der Waals surface area contributed by atoms with Gasteiger partial charge in [0.2, 0.25) is 0 Å². The molecule has 3 aromatic carbocycles. The topological polar surface area (TPSA) is 9.03 Å². The fraction of sp³-hybridized carbons (Fsp3) is 0.581. The summed E-state index contributed by atoms with van der Waals surface area (Å²) in [6.07, 6.45) is 8.59. The number of hydrogen-bond acceptors (Lipinski definition) is 3. The molecule has 0 amide bonds. The molecule has 0 N–H and O–H groups in total. The van der Waals surface area contributed by atoms with E-state index in [2.05, 4.69) is 129 Å². The van der Waals surface area contributed by atoms with Crippen molar-refractivity contribution in [3.8, 4) is 0 Å². The highest BCUT2D eigenvalue weighted by Crippen LogP contribution is 2.39. The zero-order valence-corrected chi connectivity index (χ0v) is 29.8. The maximum Gasteiger partial charge on any atom is 0.0423 e. The summed E-state index contributed by atoms with van der Waals surface area (Å²) < 4.78 is 0. The highest BCUT2D eigenvalue weighted by atomic mass is 15.3. The molecule has 6 rings (SSSR count). The van der Waals surface area contributed by atoms with Gasteiger partial charge in [0.05, 0.1) is 0 Å². The van der Waals surface area contributed by atoms with Crippen molar-refractivity contribution in [2.24, 2.45) is 11.8 Å². The van der Waals surface area contributed by atoms with Crippen molar-refractivity contribution in [1.82, 2.24) is 14.7 Å². The molecule has 3 heterocycles. The van der Waals surface area contributed by atoms with Crippen LogP contribution in [0.1, 0.15) is 101 Å². The van der Waals surface area contributed by atoms with Crippen LogP contribution in [0.15, 0.2) is 72.8 Å². The minimum absolute atomic E-state index is 0.198. The Kier molecular flexibility index (Phi) is 10.7. The van der Waals surface area contributed by atoms with Crippen LogP contribution in [0, 0.1) is 11.8 Å². The first-order chi connectivity index (χ1) is 22.2. The second kappa shape index (κ2) is 14.8. The molecule has 3 heteroatoms. The van der Waals surface area contributed by atoms with E-state index in [-0.39, 0.29) is 5.41 Å². The molecule has 3 fully saturated rings. The summed E-state index contributed by atoms with van der Waals surface area (Å²) in [6.45, 7) is 21.9. The maximum absolute atomic E-state index is 2.59. The first-order valence-electron chi connectivity index (χ1n) is 18.7. The molecule has 46 heavy (non-hydrogen) atoms. The van der Waals surface area contributed by atoms with Gasteiger partial charge in [0.1, 0.15) is 0 Å². The minimum Gasteiger partial charge on any atom is -0.298 e. The highest BCUT2D eigenvalue weighted by Gasteiger charge is 2.33. The maximum atomic E-state index is 2.59. The van der Waals surface area contributed by atoms with Gasteiger partial charge in [-0.15, -0.1) is 0 Å². The van der Waals surface area contributed by atoms with E-state index < -0.39 is 0 Å². The van der Waals surface area contributed by atoms with Crippen LogP contribution in [-0.4, -0.2) is 72.1 Å². The van der Waals surface area contributed by atoms with Gasteiger partial charge in [-0.05, 0) is 124 Å². The minimum atomic E-state index is -0.198. The van der Waals surface area contributed by atoms with Gasteiger partial charge >= 0.3 is 0 Å². The van der Waals surface area contributed by atoms with E-state index in [4.69, 9.17) is 0 Å². The average molecular weight is 620 g/mol. The summed E-state index contributed by atoms with van der Waals surface area (Å²) in [6, 6.07) is 31.3. The van der Waals surface area contributed by atoms with Crippen molar-refractivity contribution in [1.29, 1.82) is 0 Å². The number of aryl methyl sites for hydroxylation is 3. The molecule has 3 aliphatic rings. The molecular weight excluding hydrogens is 558 g/mol. The zero-order valence-electron chi connectivity index (χ0n) is 29.8. The van der Waals surface area contributed by atoms with Crippen molar-refractivity contribution >= 4 is 0 Å². The van der Waals surface area contributed by atoms with E-state index in [1.165, 1.54) is 105 Å². The van der Waals surface area contributed by atoms with E-state index in [0.717, 1.165) is 42.8 Å². The Hall–Kier alpha value is -2.46. The Morgan fingerprint density at radius 3 is 1.24 bits per heavy atom. The summed E-state index contributed by atoms with van der Waals surface area (Å²) in [5, 5.41) is 0. The van der Waals surface area contributed by atoms with E-state index in [9.17, 15) is 0 Å². The van der Waals surface area contributed by atoms with Crippen LogP contribution in [-0.2, 0) is 24.7 Å². The van der Waals surface area contributed by atoms with Crippen LogP contribution in [0.25, 0.3) is 0 Å². The molecule has 0 aromatic heterocycles. The van der Waals surface area contributed by atoms with Gasteiger partial charge in [-0.25, -0.2) is 0 Å².